The van der Waals surface area contributed by atoms with Crippen LogP contribution in [-0.4, -0.2) is 70.0 Å². The minimum atomic E-state index is -0.442. The molecular formula is C25H25N5O4. The number of hydrogen-bond donors (Lipinski definition) is 0. The van der Waals surface area contributed by atoms with Gasteiger partial charge in [-0.3, -0.25) is 19.8 Å². The summed E-state index contributed by atoms with van der Waals surface area (Å²) in [6, 6.07) is 15.8. The van der Waals surface area contributed by atoms with Crippen molar-refractivity contribution in [1.82, 2.24) is 19.8 Å². The number of amides is 1. The molecule has 1 amide bonds. The van der Waals surface area contributed by atoms with Gasteiger partial charge < -0.3 is 9.64 Å². The second-order valence-electron chi connectivity index (χ2n) is 8.43. The number of non-ortho nitro benzene ring substituents is 1. The van der Waals surface area contributed by atoms with Gasteiger partial charge in [-0.15, -0.1) is 0 Å². The van der Waals surface area contributed by atoms with Crippen molar-refractivity contribution < 1.29 is 14.5 Å². The van der Waals surface area contributed by atoms with Crippen LogP contribution in [0.25, 0.3) is 22.6 Å². The van der Waals surface area contributed by atoms with E-state index in [1.165, 1.54) is 12.1 Å². The van der Waals surface area contributed by atoms with Crippen LogP contribution in [-0.2, 0) is 11.3 Å². The van der Waals surface area contributed by atoms with E-state index in [0.29, 0.717) is 41.4 Å². The Morgan fingerprint density at radius 1 is 0.971 bits per heavy atom. The molecule has 5 rings (SSSR count). The molecule has 3 heterocycles. The van der Waals surface area contributed by atoms with E-state index in [0.717, 1.165) is 44.8 Å². The number of nitro groups is 1. The lowest BCUT2D eigenvalue weighted by molar-refractivity contribution is -0.384. The number of nitrogens with zero attached hydrogens (tertiary/aromatic N) is 5. The molecule has 174 valence electrons. The fourth-order valence-corrected chi connectivity index (χ4v) is 4.44. The van der Waals surface area contributed by atoms with Crippen molar-refractivity contribution in [3.63, 3.8) is 0 Å². The Hall–Kier alpha value is -3.69. The van der Waals surface area contributed by atoms with Crippen LogP contribution in [0, 0.1) is 10.1 Å². The SMILES string of the molecule is O=C1c2c(nc(-c3ccccc3)nc2-c2cccc([N+](=O)[O-])c2)CN1CCCN1CCOCC1. The van der Waals surface area contributed by atoms with Crippen molar-refractivity contribution in [2.24, 2.45) is 0 Å². The molecule has 1 saturated heterocycles. The van der Waals surface area contributed by atoms with E-state index in [-0.39, 0.29) is 11.6 Å². The summed E-state index contributed by atoms with van der Waals surface area (Å²) >= 11 is 0. The largest absolute Gasteiger partial charge is 0.379 e. The van der Waals surface area contributed by atoms with Gasteiger partial charge in [0.2, 0.25) is 0 Å². The van der Waals surface area contributed by atoms with Crippen molar-refractivity contribution in [3.05, 3.63) is 76.0 Å². The van der Waals surface area contributed by atoms with E-state index in [1.54, 1.807) is 17.0 Å². The Balaban J connectivity index is 1.46. The van der Waals surface area contributed by atoms with Crippen molar-refractivity contribution in [3.8, 4) is 22.6 Å². The fraction of sp³-hybridized carbons (Fsp3) is 0.320. The van der Waals surface area contributed by atoms with E-state index in [9.17, 15) is 14.9 Å². The number of nitro benzene ring substituents is 1. The lowest BCUT2D eigenvalue weighted by atomic mass is 10.0. The van der Waals surface area contributed by atoms with E-state index in [2.05, 4.69) is 4.90 Å². The number of hydrogen-bond acceptors (Lipinski definition) is 7. The first-order valence-corrected chi connectivity index (χ1v) is 11.4. The third kappa shape index (κ3) is 4.52. The van der Waals surface area contributed by atoms with Crippen LogP contribution in [0.5, 0.6) is 0 Å². The molecule has 1 fully saturated rings. The maximum absolute atomic E-state index is 13.4. The van der Waals surface area contributed by atoms with Gasteiger partial charge in [0.1, 0.15) is 0 Å². The molecule has 0 radical (unpaired) electrons. The second kappa shape index (κ2) is 9.66. The Morgan fingerprint density at radius 2 is 1.74 bits per heavy atom. The molecule has 9 nitrogen and oxygen atoms in total. The first kappa shape index (κ1) is 22.1. The van der Waals surface area contributed by atoms with Gasteiger partial charge in [0, 0.05) is 49.4 Å². The summed E-state index contributed by atoms with van der Waals surface area (Å²) in [7, 11) is 0. The predicted molar refractivity (Wildman–Crippen MR) is 126 cm³/mol. The van der Waals surface area contributed by atoms with Crippen LogP contribution in [0.1, 0.15) is 22.5 Å². The average Bonchev–Trinajstić information content (AvgIpc) is 3.20. The molecule has 0 bridgehead atoms. The molecule has 1 aromatic heterocycles. The highest BCUT2D eigenvalue weighted by molar-refractivity contribution is 6.03. The third-order valence-electron chi connectivity index (χ3n) is 6.19. The molecule has 2 aliphatic rings. The van der Waals surface area contributed by atoms with Crippen LogP contribution in [0.15, 0.2) is 54.6 Å². The number of aromatic nitrogens is 2. The normalized spacial score (nSPS) is 16.0. The van der Waals surface area contributed by atoms with Gasteiger partial charge in [0.25, 0.3) is 11.6 Å². The lowest BCUT2D eigenvalue weighted by Crippen LogP contribution is -2.38. The number of ether oxygens (including phenoxy) is 1. The van der Waals surface area contributed by atoms with Gasteiger partial charge in [-0.05, 0) is 6.42 Å². The molecule has 0 unspecified atom stereocenters. The minimum Gasteiger partial charge on any atom is -0.379 e. The van der Waals surface area contributed by atoms with Crippen LogP contribution >= 0.6 is 0 Å². The third-order valence-corrected chi connectivity index (χ3v) is 6.19. The van der Waals surface area contributed by atoms with Crippen LogP contribution < -0.4 is 0 Å². The van der Waals surface area contributed by atoms with Crippen molar-refractivity contribution >= 4 is 11.6 Å². The molecule has 3 aromatic rings. The van der Waals surface area contributed by atoms with E-state index < -0.39 is 4.92 Å². The number of carbonyl (C=O) groups is 1. The first-order valence-electron chi connectivity index (χ1n) is 11.4. The van der Waals surface area contributed by atoms with Gasteiger partial charge in [0.05, 0.1) is 41.6 Å². The number of benzene rings is 2. The molecule has 0 spiro atoms. The van der Waals surface area contributed by atoms with Gasteiger partial charge in [-0.2, -0.15) is 0 Å². The number of rotatable bonds is 7. The Morgan fingerprint density at radius 3 is 2.50 bits per heavy atom. The van der Waals surface area contributed by atoms with Gasteiger partial charge in [-0.1, -0.05) is 42.5 Å². The van der Waals surface area contributed by atoms with Crippen molar-refractivity contribution in [2.45, 2.75) is 13.0 Å². The van der Waals surface area contributed by atoms with Crippen LogP contribution in [0.2, 0.25) is 0 Å². The smallest absolute Gasteiger partial charge is 0.270 e. The molecule has 2 aromatic carbocycles. The van der Waals surface area contributed by atoms with Crippen molar-refractivity contribution in [2.75, 3.05) is 39.4 Å². The quantitative estimate of drug-likeness (QED) is 0.394. The second-order valence-corrected chi connectivity index (χ2v) is 8.43. The Labute approximate surface area is 197 Å². The van der Waals surface area contributed by atoms with Gasteiger partial charge in [-0.25, -0.2) is 9.97 Å². The standard InChI is InChI=1S/C25H25N5O4/c31-25-22-21(17-29(25)11-5-10-28-12-14-34-15-13-28)26-24(18-6-2-1-3-7-18)27-23(22)19-8-4-9-20(16-19)30(32)33/h1-4,6-9,16H,5,10-15,17H2. The van der Waals surface area contributed by atoms with Gasteiger partial charge >= 0.3 is 0 Å². The molecule has 2 aliphatic heterocycles. The summed E-state index contributed by atoms with van der Waals surface area (Å²) in [6.45, 7) is 5.25. The van der Waals surface area contributed by atoms with E-state index in [4.69, 9.17) is 14.7 Å². The minimum absolute atomic E-state index is 0.0427. The number of carbonyl (C=O) groups excluding carboxylic acids is 1. The molecule has 0 N–H and O–H groups in total. The maximum atomic E-state index is 13.4. The highest BCUT2D eigenvalue weighted by Gasteiger charge is 2.33. The highest BCUT2D eigenvalue weighted by atomic mass is 16.6. The molecule has 34 heavy (non-hydrogen) atoms. The zero-order chi connectivity index (χ0) is 23.5. The summed E-state index contributed by atoms with van der Waals surface area (Å²) < 4.78 is 5.40. The van der Waals surface area contributed by atoms with Crippen molar-refractivity contribution in [1.29, 1.82) is 0 Å². The summed E-state index contributed by atoms with van der Waals surface area (Å²) in [4.78, 5) is 37.9. The summed E-state index contributed by atoms with van der Waals surface area (Å²) in [6.07, 6.45) is 0.852. The van der Waals surface area contributed by atoms with Crippen LogP contribution in [0.4, 0.5) is 5.69 Å². The number of morpholine rings is 1. The molecular weight excluding hydrogens is 434 g/mol. The lowest BCUT2D eigenvalue weighted by Gasteiger charge is -2.27. The monoisotopic (exact) mass is 459 g/mol. The summed E-state index contributed by atoms with van der Waals surface area (Å²) in [5.41, 5.74) is 2.86. The predicted octanol–water partition coefficient (Wildman–Crippen LogP) is 3.40. The summed E-state index contributed by atoms with van der Waals surface area (Å²) in [5, 5.41) is 11.4. The zero-order valence-corrected chi connectivity index (χ0v) is 18.7. The zero-order valence-electron chi connectivity index (χ0n) is 18.7. The highest BCUT2D eigenvalue weighted by Crippen LogP contribution is 2.34. The molecule has 9 heteroatoms. The number of fused-ring (bicyclic) bond motifs is 1. The Kier molecular flexibility index (Phi) is 6.29. The van der Waals surface area contributed by atoms with E-state index in [1.807, 2.05) is 30.3 Å². The topological polar surface area (TPSA) is 102 Å². The van der Waals surface area contributed by atoms with Gasteiger partial charge in [0.15, 0.2) is 5.82 Å². The molecule has 0 aliphatic carbocycles. The fourth-order valence-electron chi connectivity index (χ4n) is 4.44. The molecule has 0 atom stereocenters. The summed E-state index contributed by atoms with van der Waals surface area (Å²) in [5.74, 6) is 0.377. The average molecular weight is 460 g/mol. The van der Waals surface area contributed by atoms with E-state index >= 15 is 0 Å². The first-order chi connectivity index (χ1) is 16.6. The Bertz CT molecular complexity index is 1210. The maximum Gasteiger partial charge on any atom is 0.270 e. The molecule has 0 saturated carbocycles. The van der Waals surface area contributed by atoms with Crippen LogP contribution in [0.3, 0.4) is 0 Å².